The van der Waals surface area contributed by atoms with E-state index in [1.807, 2.05) is 43.7 Å². The van der Waals surface area contributed by atoms with Gasteiger partial charge in [-0.05, 0) is 61.2 Å². The topological polar surface area (TPSA) is 95.9 Å². The summed E-state index contributed by atoms with van der Waals surface area (Å²) in [5.74, 6) is 0.207. The molecule has 8 heteroatoms. The highest BCUT2D eigenvalue weighted by Gasteiger charge is 2.28. The molecule has 0 spiro atoms. The molecule has 7 nitrogen and oxygen atoms in total. The molecule has 1 aromatic carbocycles. The standard InChI is InChI=1S/C30H28N6OS/c1-4-18-11-22-24(27-9-6-17(3)38-27)15-32-16-26(22)34-29(18)30-23-12-19(7-8-25(23)35-36-30)20-10-21(14-31-13-20)33-28(37)5-2/h6-10,12-16,18H,4-5,11H2,1-3H3,(H,33,37)(H,35,36). The number of aryl methyl sites for hydroxylation is 1. The third-order valence-corrected chi connectivity index (χ3v) is 8.13. The van der Waals surface area contributed by atoms with E-state index in [1.54, 1.807) is 17.5 Å². The lowest BCUT2D eigenvalue weighted by molar-refractivity contribution is -0.115. The van der Waals surface area contributed by atoms with E-state index in [0.29, 0.717) is 12.1 Å². The number of hydrogen-bond donors (Lipinski definition) is 2. The molecule has 0 fully saturated rings. The first-order valence-electron chi connectivity index (χ1n) is 12.9. The Morgan fingerprint density at radius 3 is 2.71 bits per heavy atom. The number of nitrogens with zero attached hydrogens (tertiary/aromatic N) is 4. The predicted octanol–water partition coefficient (Wildman–Crippen LogP) is 7.11. The van der Waals surface area contributed by atoms with Crippen LogP contribution in [0.25, 0.3) is 32.5 Å². The maximum Gasteiger partial charge on any atom is 0.224 e. The average Bonchev–Trinajstić information content (AvgIpc) is 3.57. The normalized spacial score (nSPS) is 14.8. The molecule has 1 aliphatic rings. The number of nitrogens with one attached hydrogen (secondary N) is 2. The van der Waals surface area contributed by atoms with Gasteiger partial charge in [0, 0.05) is 51.0 Å². The minimum absolute atomic E-state index is 0.0374. The monoisotopic (exact) mass is 520 g/mol. The molecule has 38 heavy (non-hydrogen) atoms. The van der Waals surface area contributed by atoms with E-state index in [0.717, 1.165) is 52.0 Å². The lowest BCUT2D eigenvalue weighted by atomic mass is 9.85. The second-order valence-corrected chi connectivity index (χ2v) is 10.9. The number of thiophene rings is 1. The molecular formula is C30H28N6OS. The van der Waals surface area contributed by atoms with Crippen molar-refractivity contribution in [3.8, 4) is 21.6 Å². The number of carbonyl (C=O) groups excluding carboxylic acids is 1. The molecule has 1 aliphatic heterocycles. The Morgan fingerprint density at radius 1 is 1.05 bits per heavy atom. The summed E-state index contributed by atoms with van der Waals surface area (Å²) in [6.45, 7) is 6.17. The van der Waals surface area contributed by atoms with E-state index >= 15 is 0 Å². The predicted molar refractivity (Wildman–Crippen MR) is 154 cm³/mol. The maximum absolute atomic E-state index is 11.9. The SMILES string of the molecule is CCC(=O)Nc1cncc(-c2ccc3[nH]nc(C4=Nc5cncc(-c6ccc(C)s6)c5CC4CC)c3c2)c1. The van der Waals surface area contributed by atoms with E-state index in [9.17, 15) is 4.79 Å². The van der Waals surface area contributed by atoms with Crippen molar-refractivity contribution < 1.29 is 4.79 Å². The minimum atomic E-state index is -0.0374. The van der Waals surface area contributed by atoms with Crippen LogP contribution in [0.3, 0.4) is 0 Å². The summed E-state index contributed by atoms with van der Waals surface area (Å²) >= 11 is 1.79. The van der Waals surface area contributed by atoms with Gasteiger partial charge < -0.3 is 5.32 Å². The Kier molecular flexibility index (Phi) is 6.33. The van der Waals surface area contributed by atoms with Crippen molar-refractivity contribution in [1.29, 1.82) is 0 Å². The van der Waals surface area contributed by atoms with Crippen molar-refractivity contribution in [1.82, 2.24) is 20.2 Å². The largest absolute Gasteiger partial charge is 0.325 e. The number of rotatable bonds is 6. The van der Waals surface area contributed by atoms with Gasteiger partial charge in [0.2, 0.25) is 5.91 Å². The lowest BCUT2D eigenvalue weighted by Gasteiger charge is -2.24. The third-order valence-electron chi connectivity index (χ3n) is 7.09. The minimum Gasteiger partial charge on any atom is -0.325 e. The van der Waals surface area contributed by atoms with Gasteiger partial charge in [-0.2, -0.15) is 5.10 Å². The third kappa shape index (κ3) is 4.41. The number of H-pyrrole nitrogens is 1. The zero-order valence-corrected chi connectivity index (χ0v) is 22.4. The van der Waals surface area contributed by atoms with Crippen molar-refractivity contribution in [3.05, 3.63) is 77.3 Å². The molecule has 1 atom stereocenters. The first kappa shape index (κ1) is 24.2. The van der Waals surface area contributed by atoms with Gasteiger partial charge in [-0.3, -0.25) is 19.9 Å². The number of aromatic amines is 1. The second-order valence-electron chi connectivity index (χ2n) is 9.60. The molecule has 0 saturated heterocycles. The molecule has 1 unspecified atom stereocenters. The highest BCUT2D eigenvalue weighted by Crippen LogP contribution is 2.40. The summed E-state index contributed by atoms with van der Waals surface area (Å²) in [4.78, 5) is 28.4. The smallest absolute Gasteiger partial charge is 0.224 e. The van der Waals surface area contributed by atoms with Crippen LogP contribution in [0.4, 0.5) is 11.4 Å². The van der Waals surface area contributed by atoms with Crippen LogP contribution in [0.1, 0.15) is 42.8 Å². The summed E-state index contributed by atoms with van der Waals surface area (Å²) in [5.41, 5.74) is 8.80. The molecule has 6 rings (SSSR count). The zero-order chi connectivity index (χ0) is 26.2. The second kappa shape index (κ2) is 9.95. The van der Waals surface area contributed by atoms with Gasteiger partial charge in [0.1, 0.15) is 5.69 Å². The fourth-order valence-corrected chi connectivity index (χ4v) is 5.94. The van der Waals surface area contributed by atoms with E-state index in [-0.39, 0.29) is 11.8 Å². The molecule has 5 heterocycles. The number of benzene rings is 1. The molecule has 5 aromatic rings. The molecule has 4 aromatic heterocycles. The van der Waals surface area contributed by atoms with Gasteiger partial charge in [-0.15, -0.1) is 11.3 Å². The van der Waals surface area contributed by atoms with Crippen LogP contribution < -0.4 is 5.32 Å². The molecular weight excluding hydrogens is 492 g/mol. The first-order valence-corrected chi connectivity index (χ1v) is 13.7. The van der Waals surface area contributed by atoms with E-state index in [4.69, 9.17) is 10.1 Å². The van der Waals surface area contributed by atoms with E-state index < -0.39 is 0 Å². The van der Waals surface area contributed by atoms with Crippen LogP contribution in [0.5, 0.6) is 0 Å². The van der Waals surface area contributed by atoms with Crippen LogP contribution >= 0.6 is 11.3 Å². The van der Waals surface area contributed by atoms with Gasteiger partial charge in [0.15, 0.2) is 0 Å². The number of fused-ring (bicyclic) bond motifs is 2. The fourth-order valence-electron chi connectivity index (χ4n) is 5.03. The molecule has 0 aliphatic carbocycles. The van der Waals surface area contributed by atoms with Gasteiger partial charge in [-0.25, -0.2) is 4.99 Å². The van der Waals surface area contributed by atoms with E-state index in [2.05, 4.69) is 52.4 Å². The summed E-state index contributed by atoms with van der Waals surface area (Å²) in [7, 11) is 0. The van der Waals surface area contributed by atoms with E-state index in [1.165, 1.54) is 20.9 Å². The van der Waals surface area contributed by atoms with Gasteiger partial charge >= 0.3 is 0 Å². The van der Waals surface area contributed by atoms with Crippen molar-refractivity contribution in [3.63, 3.8) is 0 Å². The van der Waals surface area contributed by atoms with Crippen LogP contribution in [0, 0.1) is 12.8 Å². The van der Waals surface area contributed by atoms with Gasteiger partial charge in [0.05, 0.1) is 35.0 Å². The number of pyridine rings is 2. The summed E-state index contributed by atoms with van der Waals surface area (Å²) in [6, 6.07) is 12.5. The number of aromatic nitrogens is 4. The summed E-state index contributed by atoms with van der Waals surface area (Å²) < 4.78 is 0. The maximum atomic E-state index is 11.9. The Balaban J connectivity index is 1.42. The Hall–Kier alpha value is -4.17. The molecule has 0 bridgehead atoms. The quantitative estimate of drug-likeness (QED) is 0.249. The molecule has 0 radical (unpaired) electrons. The molecule has 190 valence electrons. The number of amides is 1. The highest BCUT2D eigenvalue weighted by molar-refractivity contribution is 7.15. The average molecular weight is 521 g/mol. The lowest BCUT2D eigenvalue weighted by Crippen LogP contribution is -2.22. The van der Waals surface area contributed by atoms with Gasteiger partial charge in [-0.1, -0.05) is 19.9 Å². The Morgan fingerprint density at radius 2 is 1.92 bits per heavy atom. The first-order chi connectivity index (χ1) is 18.5. The van der Waals surface area contributed by atoms with Crippen molar-refractivity contribution >= 4 is 45.2 Å². The van der Waals surface area contributed by atoms with Gasteiger partial charge in [0.25, 0.3) is 0 Å². The Labute approximate surface area is 225 Å². The van der Waals surface area contributed by atoms with Crippen molar-refractivity contribution in [2.24, 2.45) is 10.9 Å². The zero-order valence-electron chi connectivity index (χ0n) is 21.6. The molecule has 1 amide bonds. The number of hydrogen-bond acceptors (Lipinski definition) is 6. The summed E-state index contributed by atoms with van der Waals surface area (Å²) in [6.07, 6.45) is 9.59. The number of carbonyl (C=O) groups is 1. The highest BCUT2D eigenvalue weighted by atomic mass is 32.1. The number of aliphatic imine (C=N–C) groups is 1. The van der Waals surface area contributed by atoms with Crippen LogP contribution in [-0.4, -0.2) is 31.8 Å². The molecule has 2 N–H and O–H groups in total. The van der Waals surface area contributed by atoms with Crippen LogP contribution in [-0.2, 0) is 11.2 Å². The fraction of sp³-hybridized carbons (Fsp3) is 0.233. The van der Waals surface area contributed by atoms with Crippen molar-refractivity contribution in [2.45, 2.75) is 40.0 Å². The van der Waals surface area contributed by atoms with Crippen LogP contribution in [0.15, 0.2) is 66.2 Å². The number of anilines is 1. The van der Waals surface area contributed by atoms with Crippen molar-refractivity contribution in [2.75, 3.05) is 5.32 Å². The summed E-state index contributed by atoms with van der Waals surface area (Å²) in [5, 5.41) is 11.8. The van der Waals surface area contributed by atoms with Crippen LogP contribution in [0.2, 0.25) is 0 Å². The molecule has 0 saturated carbocycles. The Bertz CT molecular complexity index is 1700.